The van der Waals surface area contributed by atoms with Crippen molar-refractivity contribution in [1.82, 2.24) is 0 Å². The fourth-order valence-electron chi connectivity index (χ4n) is 1.67. The molecule has 2 unspecified atom stereocenters. The van der Waals surface area contributed by atoms with E-state index in [1.165, 1.54) is 0 Å². The highest BCUT2D eigenvalue weighted by atomic mass is 32.2. The van der Waals surface area contributed by atoms with Crippen LogP contribution in [0, 0.1) is 0 Å². The second-order valence-electron chi connectivity index (χ2n) is 4.08. The maximum atomic E-state index is 11.5. The number of ether oxygens (including phenoxy) is 1. The molecule has 1 fully saturated rings. The van der Waals surface area contributed by atoms with Crippen molar-refractivity contribution in [2.75, 3.05) is 5.75 Å². The van der Waals surface area contributed by atoms with Crippen LogP contribution in [-0.4, -0.2) is 25.5 Å². The zero-order valence-electron chi connectivity index (χ0n) is 8.99. The van der Waals surface area contributed by atoms with Gasteiger partial charge in [0.15, 0.2) is 9.84 Å². The Balaban J connectivity index is 2.61. The molecule has 3 nitrogen and oxygen atoms in total. The van der Waals surface area contributed by atoms with Crippen molar-refractivity contribution in [3.8, 4) is 0 Å². The van der Waals surface area contributed by atoms with E-state index in [4.69, 9.17) is 4.74 Å². The Kier molecular flexibility index (Phi) is 3.59. The van der Waals surface area contributed by atoms with E-state index in [0.29, 0.717) is 5.75 Å². The first-order valence-electron chi connectivity index (χ1n) is 4.94. The number of rotatable bonds is 3. The molecule has 0 aromatic heterocycles. The van der Waals surface area contributed by atoms with Gasteiger partial charge in [0.05, 0.1) is 17.3 Å². The summed E-state index contributed by atoms with van der Waals surface area (Å²) in [7, 11) is -2.89. The van der Waals surface area contributed by atoms with Gasteiger partial charge in [0.1, 0.15) is 6.10 Å². The molecule has 1 heterocycles. The van der Waals surface area contributed by atoms with Gasteiger partial charge in [0.25, 0.3) is 0 Å². The quantitative estimate of drug-likeness (QED) is 0.679. The van der Waals surface area contributed by atoms with Crippen molar-refractivity contribution in [3.63, 3.8) is 0 Å². The van der Waals surface area contributed by atoms with Crippen LogP contribution in [0.2, 0.25) is 0 Å². The van der Waals surface area contributed by atoms with Crippen LogP contribution in [0.15, 0.2) is 11.8 Å². The predicted molar refractivity (Wildman–Crippen MR) is 56.8 cm³/mol. The van der Waals surface area contributed by atoms with E-state index < -0.39 is 9.84 Å². The summed E-state index contributed by atoms with van der Waals surface area (Å²) in [6.07, 6.45) is 2.92. The van der Waals surface area contributed by atoms with E-state index in [1.54, 1.807) is 6.26 Å². The van der Waals surface area contributed by atoms with Crippen molar-refractivity contribution in [2.45, 2.75) is 45.0 Å². The minimum atomic E-state index is -2.89. The first-order valence-corrected chi connectivity index (χ1v) is 6.65. The minimum absolute atomic E-state index is 0.225. The first-order chi connectivity index (χ1) is 6.43. The standard InChI is InChI=1S/C10H18O3S/c1-8(2)7-13-9(3)10-5-4-6-14(10,11)12/h7,9-10H,4-6H2,1-3H3. The first kappa shape index (κ1) is 11.6. The van der Waals surface area contributed by atoms with E-state index in [1.807, 2.05) is 20.8 Å². The van der Waals surface area contributed by atoms with Gasteiger partial charge in [0, 0.05) is 0 Å². The molecule has 0 amide bonds. The molecule has 82 valence electrons. The minimum Gasteiger partial charge on any atom is -0.497 e. The molecule has 1 aliphatic heterocycles. The van der Waals surface area contributed by atoms with Gasteiger partial charge in [-0.2, -0.15) is 0 Å². The lowest BCUT2D eigenvalue weighted by Gasteiger charge is -2.18. The molecule has 0 aromatic carbocycles. The summed E-state index contributed by atoms with van der Waals surface area (Å²) in [6.45, 7) is 5.68. The van der Waals surface area contributed by atoms with Gasteiger partial charge in [-0.05, 0) is 39.2 Å². The fourth-order valence-corrected chi connectivity index (χ4v) is 3.72. The van der Waals surface area contributed by atoms with Crippen LogP contribution in [0.25, 0.3) is 0 Å². The summed E-state index contributed by atoms with van der Waals surface area (Å²) in [4.78, 5) is 0. The summed E-state index contributed by atoms with van der Waals surface area (Å²) in [5.41, 5.74) is 1.05. The van der Waals surface area contributed by atoms with Crippen LogP contribution in [0.4, 0.5) is 0 Å². The molecule has 0 aliphatic carbocycles. The second-order valence-corrected chi connectivity index (χ2v) is 6.42. The highest BCUT2D eigenvalue weighted by Gasteiger charge is 2.36. The zero-order chi connectivity index (χ0) is 10.8. The molecule has 0 saturated carbocycles. The highest BCUT2D eigenvalue weighted by Crippen LogP contribution is 2.24. The van der Waals surface area contributed by atoms with Gasteiger partial charge < -0.3 is 4.74 Å². The van der Waals surface area contributed by atoms with Gasteiger partial charge in [-0.25, -0.2) is 8.42 Å². The molecule has 2 atom stereocenters. The average molecular weight is 218 g/mol. The molecule has 4 heteroatoms. The lowest BCUT2D eigenvalue weighted by Crippen LogP contribution is -2.29. The Morgan fingerprint density at radius 3 is 2.57 bits per heavy atom. The van der Waals surface area contributed by atoms with Gasteiger partial charge >= 0.3 is 0 Å². The monoisotopic (exact) mass is 218 g/mol. The summed E-state index contributed by atoms with van der Waals surface area (Å²) in [5, 5.41) is -0.307. The topological polar surface area (TPSA) is 43.4 Å². The third-order valence-corrected chi connectivity index (χ3v) is 4.82. The van der Waals surface area contributed by atoms with E-state index in [0.717, 1.165) is 18.4 Å². The molecule has 1 aliphatic rings. The largest absolute Gasteiger partial charge is 0.497 e. The number of sulfone groups is 1. The molecule has 0 radical (unpaired) electrons. The van der Waals surface area contributed by atoms with Crippen molar-refractivity contribution in [3.05, 3.63) is 11.8 Å². The van der Waals surface area contributed by atoms with Crippen molar-refractivity contribution >= 4 is 9.84 Å². The third-order valence-electron chi connectivity index (χ3n) is 2.42. The summed E-state index contributed by atoms with van der Waals surface area (Å²) >= 11 is 0. The Morgan fingerprint density at radius 2 is 2.14 bits per heavy atom. The molecule has 14 heavy (non-hydrogen) atoms. The molecule has 1 rings (SSSR count). The van der Waals surface area contributed by atoms with Crippen LogP contribution >= 0.6 is 0 Å². The molecule has 0 aromatic rings. The van der Waals surface area contributed by atoms with E-state index >= 15 is 0 Å². The van der Waals surface area contributed by atoms with Gasteiger partial charge in [0.2, 0.25) is 0 Å². The number of hydrogen-bond acceptors (Lipinski definition) is 3. The van der Waals surface area contributed by atoms with Gasteiger partial charge in [-0.15, -0.1) is 0 Å². The van der Waals surface area contributed by atoms with E-state index in [9.17, 15) is 8.42 Å². The number of hydrogen-bond donors (Lipinski definition) is 0. The Hall–Kier alpha value is -0.510. The van der Waals surface area contributed by atoms with Crippen LogP contribution in [0.3, 0.4) is 0 Å². The van der Waals surface area contributed by atoms with Gasteiger partial charge in [-0.1, -0.05) is 0 Å². The molecule has 0 spiro atoms. The lowest BCUT2D eigenvalue weighted by molar-refractivity contribution is 0.153. The zero-order valence-corrected chi connectivity index (χ0v) is 9.80. The van der Waals surface area contributed by atoms with Crippen LogP contribution in [0.5, 0.6) is 0 Å². The SMILES string of the molecule is CC(C)=COC(C)C1CCCS1(=O)=O. The van der Waals surface area contributed by atoms with Crippen molar-refractivity contribution < 1.29 is 13.2 Å². The lowest BCUT2D eigenvalue weighted by atomic mass is 10.2. The maximum absolute atomic E-state index is 11.5. The Labute approximate surface area is 86.1 Å². The molecular formula is C10H18O3S. The van der Waals surface area contributed by atoms with Crippen LogP contribution in [0.1, 0.15) is 33.6 Å². The normalized spacial score (nSPS) is 26.9. The van der Waals surface area contributed by atoms with Crippen LogP contribution in [-0.2, 0) is 14.6 Å². The van der Waals surface area contributed by atoms with E-state index in [2.05, 4.69) is 0 Å². The second kappa shape index (κ2) is 4.34. The van der Waals surface area contributed by atoms with E-state index in [-0.39, 0.29) is 11.4 Å². The smallest absolute Gasteiger partial charge is 0.156 e. The maximum Gasteiger partial charge on any atom is 0.156 e. The Bertz CT molecular complexity index is 312. The molecule has 0 bridgehead atoms. The molecular weight excluding hydrogens is 200 g/mol. The Morgan fingerprint density at radius 1 is 1.50 bits per heavy atom. The highest BCUT2D eigenvalue weighted by molar-refractivity contribution is 7.92. The fraction of sp³-hybridized carbons (Fsp3) is 0.800. The van der Waals surface area contributed by atoms with Crippen LogP contribution < -0.4 is 0 Å². The summed E-state index contributed by atoms with van der Waals surface area (Å²) in [5.74, 6) is 0.320. The van der Waals surface area contributed by atoms with Gasteiger partial charge in [-0.3, -0.25) is 0 Å². The third kappa shape index (κ3) is 2.74. The molecule has 0 N–H and O–H groups in total. The van der Waals surface area contributed by atoms with Crippen molar-refractivity contribution in [2.24, 2.45) is 0 Å². The summed E-state index contributed by atoms with van der Waals surface area (Å²) < 4.78 is 28.5. The predicted octanol–water partition coefficient (Wildman–Crippen LogP) is 1.89. The number of allylic oxidation sites excluding steroid dienone is 1. The van der Waals surface area contributed by atoms with Crippen molar-refractivity contribution in [1.29, 1.82) is 0 Å². The average Bonchev–Trinajstić information content (AvgIpc) is 2.41. The summed E-state index contributed by atoms with van der Waals surface area (Å²) in [6, 6.07) is 0. The molecule has 1 saturated heterocycles.